The lowest BCUT2D eigenvalue weighted by atomic mass is 10.2. The van der Waals surface area contributed by atoms with Gasteiger partial charge in [-0.25, -0.2) is 18.2 Å². The molecule has 0 unspecified atom stereocenters. The van der Waals surface area contributed by atoms with E-state index < -0.39 is 17.5 Å². The van der Waals surface area contributed by atoms with E-state index in [1.165, 1.54) is 6.20 Å². The zero-order valence-electron chi connectivity index (χ0n) is 11.1. The Balaban J connectivity index is 1.79. The lowest BCUT2D eigenvalue weighted by Gasteiger charge is -2.09. The number of halogens is 3. The summed E-state index contributed by atoms with van der Waals surface area (Å²) in [5.41, 5.74) is 0.406. The van der Waals surface area contributed by atoms with E-state index >= 15 is 0 Å². The number of hydrogen-bond donors (Lipinski definition) is 1. The van der Waals surface area contributed by atoms with E-state index in [0.29, 0.717) is 24.2 Å². The van der Waals surface area contributed by atoms with Gasteiger partial charge in [0.2, 0.25) is 0 Å². The second-order valence-electron chi connectivity index (χ2n) is 4.95. The highest BCUT2D eigenvalue weighted by Gasteiger charge is 2.21. The number of nitrogens with zero attached hydrogens (tertiary/aromatic N) is 1. The predicted molar refractivity (Wildman–Crippen MR) is 70.5 cm³/mol. The summed E-state index contributed by atoms with van der Waals surface area (Å²) in [5.74, 6) is -2.65. The molecule has 0 aliphatic heterocycles. The van der Waals surface area contributed by atoms with Gasteiger partial charge in [-0.3, -0.25) is 0 Å². The largest absolute Gasteiger partial charge is 0.436 e. The third-order valence-electron chi connectivity index (χ3n) is 3.15. The third kappa shape index (κ3) is 3.52. The first-order valence-corrected chi connectivity index (χ1v) is 6.62. The Labute approximate surface area is 119 Å². The Kier molecular flexibility index (Phi) is 3.79. The highest BCUT2D eigenvalue weighted by molar-refractivity contribution is 5.31. The molecule has 6 heteroatoms. The van der Waals surface area contributed by atoms with Crippen LogP contribution in [0.1, 0.15) is 18.4 Å². The molecule has 110 valence electrons. The lowest BCUT2D eigenvalue weighted by Crippen LogP contribution is -2.16. The highest BCUT2D eigenvalue weighted by Crippen LogP contribution is 2.26. The van der Waals surface area contributed by atoms with Crippen LogP contribution in [0.2, 0.25) is 0 Å². The predicted octanol–water partition coefficient (Wildman–Crippen LogP) is 3.54. The fourth-order valence-corrected chi connectivity index (χ4v) is 1.91. The van der Waals surface area contributed by atoms with E-state index in [1.807, 2.05) is 0 Å². The number of benzene rings is 1. The molecular weight excluding hydrogens is 281 g/mol. The molecule has 0 amide bonds. The second-order valence-corrected chi connectivity index (χ2v) is 4.95. The van der Waals surface area contributed by atoms with E-state index in [0.717, 1.165) is 25.0 Å². The smallest absolute Gasteiger partial charge is 0.256 e. The molecule has 1 fully saturated rings. The van der Waals surface area contributed by atoms with Crippen LogP contribution in [0.15, 0.2) is 30.5 Å². The number of rotatable bonds is 5. The van der Waals surface area contributed by atoms with Gasteiger partial charge in [0.05, 0.1) is 0 Å². The molecule has 1 heterocycles. The molecule has 0 atom stereocenters. The van der Waals surface area contributed by atoms with Crippen LogP contribution in [0.25, 0.3) is 0 Å². The number of ether oxygens (including phenoxy) is 1. The van der Waals surface area contributed by atoms with Gasteiger partial charge in [0.1, 0.15) is 17.4 Å². The maximum Gasteiger partial charge on any atom is 0.256 e. The minimum atomic E-state index is -0.794. The summed E-state index contributed by atoms with van der Waals surface area (Å²) in [4.78, 5) is 3.77. The average Bonchev–Trinajstić information content (AvgIpc) is 3.23. The van der Waals surface area contributed by atoms with Gasteiger partial charge in [-0.1, -0.05) is 0 Å². The van der Waals surface area contributed by atoms with E-state index in [9.17, 15) is 13.2 Å². The summed E-state index contributed by atoms with van der Waals surface area (Å²) >= 11 is 0. The SMILES string of the molecule is Fc1cc(F)cc(Oc2nccc(CNC3CC3)c2F)c1. The van der Waals surface area contributed by atoms with Crippen molar-refractivity contribution in [3.05, 3.63) is 53.5 Å². The van der Waals surface area contributed by atoms with Crippen LogP contribution >= 0.6 is 0 Å². The minimum absolute atomic E-state index is 0.133. The minimum Gasteiger partial charge on any atom is -0.436 e. The molecule has 1 saturated carbocycles. The summed E-state index contributed by atoms with van der Waals surface area (Å²) in [6, 6.07) is 4.65. The van der Waals surface area contributed by atoms with Gasteiger partial charge in [0, 0.05) is 42.5 Å². The number of hydrogen-bond acceptors (Lipinski definition) is 3. The molecule has 0 bridgehead atoms. The average molecular weight is 294 g/mol. The molecule has 1 aromatic carbocycles. The molecule has 1 N–H and O–H groups in total. The Bertz CT molecular complexity index is 639. The van der Waals surface area contributed by atoms with Crippen molar-refractivity contribution in [3.8, 4) is 11.6 Å². The standard InChI is InChI=1S/C15H13F3N2O/c16-10-5-11(17)7-13(6-10)21-15-14(18)9(3-4-19-15)8-20-12-1-2-12/h3-7,12,20H,1-2,8H2. The van der Waals surface area contributed by atoms with Crippen LogP contribution in [0.4, 0.5) is 13.2 Å². The lowest BCUT2D eigenvalue weighted by molar-refractivity contribution is 0.411. The molecule has 3 nitrogen and oxygen atoms in total. The maximum absolute atomic E-state index is 14.2. The van der Waals surface area contributed by atoms with Gasteiger partial charge in [-0.15, -0.1) is 0 Å². The Morgan fingerprint density at radius 3 is 2.52 bits per heavy atom. The monoisotopic (exact) mass is 294 g/mol. The summed E-state index contributed by atoms with van der Waals surface area (Å²) < 4.78 is 45.5. The highest BCUT2D eigenvalue weighted by atomic mass is 19.1. The van der Waals surface area contributed by atoms with E-state index in [4.69, 9.17) is 4.74 Å². The summed E-state index contributed by atoms with van der Waals surface area (Å²) in [6.45, 7) is 0.368. The van der Waals surface area contributed by atoms with Crippen LogP contribution in [-0.2, 0) is 6.54 Å². The van der Waals surface area contributed by atoms with Gasteiger partial charge in [-0.2, -0.15) is 0 Å². The molecule has 21 heavy (non-hydrogen) atoms. The van der Waals surface area contributed by atoms with Crippen molar-refractivity contribution in [2.75, 3.05) is 0 Å². The van der Waals surface area contributed by atoms with Crippen molar-refractivity contribution in [1.82, 2.24) is 10.3 Å². The molecule has 3 rings (SSSR count). The quantitative estimate of drug-likeness (QED) is 0.916. The van der Waals surface area contributed by atoms with Crippen LogP contribution in [0.5, 0.6) is 11.6 Å². The van der Waals surface area contributed by atoms with Crippen LogP contribution in [-0.4, -0.2) is 11.0 Å². The summed E-state index contributed by atoms with van der Waals surface area (Å²) in [7, 11) is 0. The molecule has 0 radical (unpaired) electrons. The first-order valence-electron chi connectivity index (χ1n) is 6.62. The van der Waals surface area contributed by atoms with Crippen LogP contribution < -0.4 is 10.1 Å². The maximum atomic E-state index is 14.2. The molecule has 1 aromatic heterocycles. The Hall–Kier alpha value is -2.08. The van der Waals surface area contributed by atoms with Gasteiger partial charge in [-0.05, 0) is 18.9 Å². The van der Waals surface area contributed by atoms with Gasteiger partial charge in [0.15, 0.2) is 5.82 Å². The number of pyridine rings is 1. The zero-order chi connectivity index (χ0) is 14.8. The molecule has 2 aromatic rings. The normalized spacial score (nSPS) is 14.2. The van der Waals surface area contributed by atoms with Crippen molar-refractivity contribution in [3.63, 3.8) is 0 Å². The third-order valence-corrected chi connectivity index (χ3v) is 3.15. The number of nitrogens with one attached hydrogen (secondary N) is 1. The topological polar surface area (TPSA) is 34.1 Å². The van der Waals surface area contributed by atoms with E-state index in [2.05, 4.69) is 10.3 Å². The first-order chi connectivity index (χ1) is 10.1. The second kappa shape index (κ2) is 5.73. The summed E-state index contributed by atoms with van der Waals surface area (Å²) in [6.07, 6.45) is 3.59. The van der Waals surface area contributed by atoms with Crippen molar-refractivity contribution in [2.24, 2.45) is 0 Å². The zero-order valence-corrected chi connectivity index (χ0v) is 11.1. The van der Waals surface area contributed by atoms with Gasteiger partial charge in [0.25, 0.3) is 5.88 Å². The molecule has 0 spiro atoms. The van der Waals surface area contributed by atoms with E-state index in [-0.39, 0.29) is 11.6 Å². The molecular formula is C15H13F3N2O. The first kappa shape index (κ1) is 13.9. The van der Waals surface area contributed by atoms with Crippen molar-refractivity contribution < 1.29 is 17.9 Å². The molecule has 0 saturated heterocycles. The van der Waals surface area contributed by atoms with E-state index in [1.54, 1.807) is 6.07 Å². The molecule has 1 aliphatic rings. The summed E-state index contributed by atoms with van der Waals surface area (Å²) in [5, 5.41) is 3.18. The number of aromatic nitrogens is 1. The fraction of sp³-hybridized carbons (Fsp3) is 0.267. The Morgan fingerprint density at radius 1 is 1.14 bits per heavy atom. The molecule has 1 aliphatic carbocycles. The van der Waals surface area contributed by atoms with Gasteiger partial charge >= 0.3 is 0 Å². The van der Waals surface area contributed by atoms with Crippen molar-refractivity contribution >= 4 is 0 Å². The fourth-order valence-electron chi connectivity index (χ4n) is 1.91. The van der Waals surface area contributed by atoms with Gasteiger partial charge < -0.3 is 10.1 Å². The van der Waals surface area contributed by atoms with Crippen molar-refractivity contribution in [1.29, 1.82) is 0 Å². The van der Waals surface area contributed by atoms with Crippen LogP contribution in [0.3, 0.4) is 0 Å². The van der Waals surface area contributed by atoms with Crippen LogP contribution in [0, 0.1) is 17.5 Å². The van der Waals surface area contributed by atoms with Crippen molar-refractivity contribution in [2.45, 2.75) is 25.4 Å². The Morgan fingerprint density at radius 2 is 1.86 bits per heavy atom.